The Labute approximate surface area is 316 Å². The van der Waals surface area contributed by atoms with Crippen molar-refractivity contribution in [2.75, 3.05) is 6.61 Å². The number of carbonyl (C=O) groups is 5. The Bertz CT molecular complexity index is 1460. The fraction of sp³-hybridized carbons (Fsp3) is 0.780. The molecule has 2 aliphatic rings. The van der Waals surface area contributed by atoms with Gasteiger partial charge in [0.2, 0.25) is 0 Å². The lowest BCUT2D eigenvalue weighted by Gasteiger charge is -2.47. The molecule has 1 saturated heterocycles. The van der Waals surface area contributed by atoms with Crippen molar-refractivity contribution in [2.45, 2.75) is 173 Å². The van der Waals surface area contributed by atoms with Crippen LogP contribution in [0.25, 0.3) is 0 Å². The summed E-state index contributed by atoms with van der Waals surface area (Å²) in [4.78, 5) is 65.1. The summed E-state index contributed by atoms with van der Waals surface area (Å²) in [6.07, 6.45) is -6.87. The van der Waals surface area contributed by atoms with Crippen LogP contribution >= 0.6 is 0 Å². The smallest absolute Gasteiger partial charge is 0.311 e. The summed E-state index contributed by atoms with van der Waals surface area (Å²) in [6, 6.07) is 0. The maximum absolute atomic E-state index is 13.6. The van der Waals surface area contributed by atoms with Gasteiger partial charge in [0.15, 0.2) is 30.7 Å². The molecule has 0 aromatic heterocycles. The molecule has 0 spiro atoms. The molecule has 0 unspecified atom stereocenters. The van der Waals surface area contributed by atoms with Crippen LogP contribution in [-0.4, -0.2) is 79.4 Å². The van der Waals surface area contributed by atoms with Gasteiger partial charge in [0.1, 0.15) is 12.7 Å². The number of rotatable bonds is 8. The van der Waals surface area contributed by atoms with E-state index >= 15 is 0 Å². The topological polar surface area (TPSA) is 150 Å². The SMILES string of the molecule is CC(=O)O[C@@H](C)C#CC1=C(C)C[C@@H](O[C@@H]2O[C@H](COC(=O)C(C)(C)C)[C@@H](OC(=O)C(C)(C)C)[C@H](OC(=O)C(C)(C)C)[C@H]2OC(=O)C(C)(C)C)CC1(C)C. The molecule has 0 N–H and O–H groups in total. The van der Waals surface area contributed by atoms with Gasteiger partial charge in [-0.15, -0.1) is 0 Å². The number of esters is 5. The largest absolute Gasteiger partial charge is 0.462 e. The molecule has 0 radical (unpaired) electrons. The molecule has 53 heavy (non-hydrogen) atoms. The number of hydrogen-bond donors (Lipinski definition) is 0. The lowest BCUT2D eigenvalue weighted by molar-refractivity contribution is -0.321. The second kappa shape index (κ2) is 16.9. The van der Waals surface area contributed by atoms with Gasteiger partial charge in [0.05, 0.1) is 27.8 Å². The Kier molecular flexibility index (Phi) is 14.6. The Hall–Kier alpha value is -3.43. The van der Waals surface area contributed by atoms with Gasteiger partial charge in [0, 0.05) is 17.9 Å². The molecule has 0 aromatic rings. The molecular weight excluding hydrogens is 684 g/mol. The summed E-state index contributed by atoms with van der Waals surface area (Å²) in [5, 5.41) is 0. The number of allylic oxidation sites excluding steroid dienone is 1. The van der Waals surface area contributed by atoms with Gasteiger partial charge < -0.3 is 33.2 Å². The monoisotopic (exact) mass is 748 g/mol. The lowest BCUT2D eigenvalue weighted by atomic mass is 9.71. The zero-order valence-corrected chi connectivity index (χ0v) is 35.1. The highest BCUT2D eigenvalue weighted by molar-refractivity contribution is 5.78. The molecule has 0 amide bonds. The molecule has 1 aliphatic carbocycles. The van der Waals surface area contributed by atoms with E-state index in [4.69, 9.17) is 33.2 Å². The van der Waals surface area contributed by atoms with Gasteiger partial charge in [-0.05, 0) is 110 Å². The van der Waals surface area contributed by atoms with Gasteiger partial charge in [-0.25, -0.2) is 0 Å². The first-order valence-corrected chi connectivity index (χ1v) is 18.3. The highest BCUT2D eigenvalue weighted by atomic mass is 16.7. The van der Waals surface area contributed by atoms with Crippen LogP contribution in [0.2, 0.25) is 0 Å². The van der Waals surface area contributed by atoms with E-state index in [0.29, 0.717) is 12.8 Å². The van der Waals surface area contributed by atoms with E-state index in [0.717, 1.165) is 11.1 Å². The molecule has 0 bridgehead atoms. The predicted molar refractivity (Wildman–Crippen MR) is 197 cm³/mol. The van der Waals surface area contributed by atoms with Crippen LogP contribution in [0.3, 0.4) is 0 Å². The van der Waals surface area contributed by atoms with E-state index in [9.17, 15) is 24.0 Å². The first-order valence-electron chi connectivity index (χ1n) is 18.3. The van der Waals surface area contributed by atoms with Crippen molar-refractivity contribution in [2.24, 2.45) is 27.1 Å². The van der Waals surface area contributed by atoms with Crippen LogP contribution < -0.4 is 0 Å². The number of carbonyl (C=O) groups excluding carboxylic acids is 5. The summed E-state index contributed by atoms with van der Waals surface area (Å²) in [7, 11) is 0. The molecule has 1 aliphatic heterocycles. The van der Waals surface area contributed by atoms with Crippen LogP contribution in [0.5, 0.6) is 0 Å². The minimum atomic E-state index is -1.41. The standard InChI is InChI=1S/C41H64O12/c1-23-20-26(21-41(16,17)27(23)19-18-24(2)48-25(3)42)49-32-31(53-36(46)40(13,14)15)30(52-35(45)39(10,11)12)29(51-34(44)38(7,8)9)28(50-32)22-47-33(43)37(4,5)6/h24,26,28-32H,20-22H2,1-17H3/t24-,26+,28+,29+,30-,31+,32+/m0/s1. The van der Waals surface area contributed by atoms with Gasteiger partial charge in [-0.1, -0.05) is 31.3 Å². The first-order chi connectivity index (χ1) is 23.8. The minimum Gasteiger partial charge on any atom is -0.462 e. The molecule has 1 fully saturated rings. The molecule has 7 atom stereocenters. The van der Waals surface area contributed by atoms with Crippen molar-refractivity contribution in [3.63, 3.8) is 0 Å². The van der Waals surface area contributed by atoms with Gasteiger partial charge in [0.25, 0.3) is 0 Å². The predicted octanol–water partition coefficient (Wildman–Crippen LogP) is 6.65. The van der Waals surface area contributed by atoms with Crippen LogP contribution in [0.15, 0.2) is 11.1 Å². The number of ether oxygens (including phenoxy) is 7. The van der Waals surface area contributed by atoms with E-state index in [-0.39, 0.29) is 6.61 Å². The van der Waals surface area contributed by atoms with Gasteiger partial charge in [-0.2, -0.15) is 0 Å². The van der Waals surface area contributed by atoms with Crippen molar-refractivity contribution >= 4 is 29.8 Å². The molecule has 300 valence electrons. The van der Waals surface area contributed by atoms with Gasteiger partial charge >= 0.3 is 29.8 Å². The van der Waals surface area contributed by atoms with Crippen LogP contribution in [-0.2, 0) is 57.1 Å². The fourth-order valence-corrected chi connectivity index (χ4v) is 5.58. The van der Waals surface area contributed by atoms with Crippen molar-refractivity contribution in [3.8, 4) is 11.8 Å². The average molecular weight is 749 g/mol. The third kappa shape index (κ3) is 13.1. The van der Waals surface area contributed by atoms with E-state index in [2.05, 4.69) is 11.8 Å². The highest BCUT2D eigenvalue weighted by Crippen LogP contribution is 2.43. The zero-order chi connectivity index (χ0) is 41.1. The maximum atomic E-state index is 13.6. The highest BCUT2D eigenvalue weighted by Gasteiger charge is 2.56. The normalized spacial score (nSPS) is 25.6. The quantitative estimate of drug-likeness (QED) is 0.149. The third-order valence-corrected chi connectivity index (χ3v) is 8.59. The van der Waals surface area contributed by atoms with Crippen molar-refractivity contribution in [1.82, 2.24) is 0 Å². The third-order valence-electron chi connectivity index (χ3n) is 8.59. The van der Waals surface area contributed by atoms with Crippen molar-refractivity contribution < 1.29 is 57.1 Å². The molecule has 12 heteroatoms. The summed E-state index contributed by atoms with van der Waals surface area (Å²) >= 11 is 0. The zero-order valence-electron chi connectivity index (χ0n) is 35.1. The summed E-state index contributed by atoms with van der Waals surface area (Å²) in [6.45, 7) is 28.8. The van der Waals surface area contributed by atoms with Gasteiger partial charge in [-0.3, -0.25) is 24.0 Å². The fourth-order valence-electron chi connectivity index (χ4n) is 5.58. The second-order valence-electron chi connectivity index (χ2n) is 19.0. The Balaban J connectivity index is 2.73. The Morgan fingerprint density at radius 1 is 0.755 bits per heavy atom. The van der Waals surface area contributed by atoms with Crippen molar-refractivity contribution in [1.29, 1.82) is 0 Å². The molecule has 2 rings (SSSR count). The van der Waals surface area contributed by atoms with E-state index in [1.165, 1.54) is 6.92 Å². The molecule has 1 heterocycles. The number of hydrogen-bond acceptors (Lipinski definition) is 12. The summed E-state index contributed by atoms with van der Waals surface area (Å²) in [5.74, 6) is 3.35. The van der Waals surface area contributed by atoms with Crippen molar-refractivity contribution in [3.05, 3.63) is 11.1 Å². The van der Waals surface area contributed by atoms with E-state index in [1.54, 1.807) is 90.0 Å². The van der Waals surface area contributed by atoms with E-state index < -0.39 is 99.8 Å². The minimum absolute atomic E-state index is 0.378. The Morgan fingerprint density at radius 3 is 1.64 bits per heavy atom. The first kappa shape index (κ1) is 45.7. The van der Waals surface area contributed by atoms with Crippen LogP contribution in [0.1, 0.15) is 131 Å². The van der Waals surface area contributed by atoms with E-state index in [1.807, 2.05) is 20.8 Å². The summed E-state index contributed by atoms with van der Waals surface area (Å²) in [5.41, 5.74) is -2.50. The lowest BCUT2D eigenvalue weighted by Crippen LogP contribution is -2.64. The molecule has 12 nitrogen and oxygen atoms in total. The Morgan fingerprint density at radius 2 is 1.21 bits per heavy atom. The maximum Gasteiger partial charge on any atom is 0.311 e. The molecule has 0 saturated carbocycles. The van der Waals surface area contributed by atoms with Crippen LogP contribution in [0, 0.1) is 38.9 Å². The second-order valence-corrected chi connectivity index (χ2v) is 19.0. The average Bonchev–Trinajstić information content (AvgIpc) is 2.95. The molecular formula is C41H64O12. The van der Waals surface area contributed by atoms with Crippen LogP contribution in [0.4, 0.5) is 0 Å². The summed E-state index contributed by atoms with van der Waals surface area (Å²) < 4.78 is 42.4. The molecule has 0 aromatic carbocycles.